The van der Waals surface area contributed by atoms with Crippen LogP contribution in [0.2, 0.25) is 0 Å². The number of aliphatic hydroxyl groups excluding tert-OH is 1. The van der Waals surface area contributed by atoms with Gasteiger partial charge < -0.3 is 14.9 Å². The van der Waals surface area contributed by atoms with Crippen LogP contribution in [0.3, 0.4) is 0 Å². The molecule has 244 valence electrons. The topological polar surface area (TPSA) is 104 Å². The zero-order chi connectivity index (χ0) is 33.6. The van der Waals surface area contributed by atoms with E-state index in [1.165, 1.54) is 0 Å². The van der Waals surface area contributed by atoms with Crippen molar-refractivity contribution in [3.05, 3.63) is 46.5 Å². The molecule has 0 spiro atoms. The molecule has 0 aliphatic heterocycles. The Morgan fingerprint density at radius 3 is 1.30 bits per heavy atom. The number of phenolic OH excluding ortho intramolecular Hbond substituents is 1. The Morgan fingerprint density at radius 1 is 0.674 bits per heavy atom. The number of ether oxygens (including phenoxy) is 1. The summed E-state index contributed by atoms with van der Waals surface area (Å²) in [5.41, 5.74) is 2.73. The number of rotatable bonds is 9. The molecule has 9 heteroatoms. The zero-order valence-corrected chi connectivity index (χ0v) is 31.0. The molecule has 0 aliphatic rings. The molecule has 0 radical (unpaired) electrons. The highest BCUT2D eigenvalue weighted by Gasteiger charge is 2.32. The second-order valence-electron chi connectivity index (χ2n) is 16.0. The van der Waals surface area contributed by atoms with Gasteiger partial charge in [-0.2, -0.15) is 8.42 Å². The molecular weight excluding hydrogens is 601 g/mol. The Morgan fingerprint density at radius 2 is 1.00 bits per heavy atom. The molecule has 1 atom stereocenters. The van der Waals surface area contributed by atoms with Gasteiger partial charge in [0.1, 0.15) is 30.0 Å². The third-order valence-electron chi connectivity index (χ3n) is 6.93. The Bertz CT molecular complexity index is 1330. The summed E-state index contributed by atoms with van der Waals surface area (Å²) < 4.78 is 37.6. The van der Waals surface area contributed by atoms with Crippen molar-refractivity contribution < 1.29 is 27.9 Å². The van der Waals surface area contributed by atoms with Crippen molar-refractivity contribution in [3.8, 4) is 11.5 Å². The molecule has 0 fully saturated rings. The minimum absolute atomic E-state index is 0.216. The van der Waals surface area contributed by atoms with E-state index in [0.29, 0.717) is 11.5 Å². The quantitative estimate of drug-likeness (QED) is 0.140. The third-order valence-corrected chi connectivity index (χ3v) is 10.2. The van der Waals surface area contributed by atoms with E-state index in [2.05, 4.69) is 121 Å². The Hall–Kier alpha value is -1.39. The maximum atomic E-state index is 11.3. The average Bonchev–Trinajstić information content (AvgIpc) is 2.74. The van der Waals surface area contributed by atoms with Gasteiger partial charge in [-0.05, 0) is 59.8 Å². The van der Waals surface area contributed by atoms with Crippen molar-refractivity contribution >= 4 is 33.6 Å². The second kappa shape index (κ2) is 12.8. The van der Waals surface area contributed by atoms with E-state index < -0.39 is 22.0 Å². The van der Waals surface area contributed by atoms with Gasteiger partial charge in [0.25, 0.3) is 10.1 Å². The number of hydrogen-bond acceptors (Lipinski definition) is 7. The molecule has 6 nitrogen and oxygen atoms in total. The highest BCUT2D eigenvalue weighted by molar-refractivity contribution is 8.18. The van der Waals surface area contributed by atoms with Crippen LogP contribution in [0.4, 0.5) is 0 Å². The van der Waals surface area contributed by atoms with Crippen molar-refractivity contribution in [3.63, 3.8) is 0 Å². The Labute approximate surface area is 269 Å². The van der Waals surface area contributed by atoms with E-state index >= 15 is 0 Å². The third kappa shape index (κ3) is 10.9. The fourth-order valence-electron chi connectivity index (χ4n) is 4.80. The summed E-state index contributed by atoms with van der Waals surface area (Å²) in [5.74, 6) is 0.219. The van der Waals surface area contributed by atoms with Crippen LogP contribution in [-0.2, 0) is 31.8 Å². The van der Waals surface area contributed by atoms with E-state index in [1.54, 1.807) is 23.5 Å². The number of thioether (sulfide) groups is 2. The van der Waals surface area contributed by atoms with Gasteiger partial charge in [-0.25, -0.2) is 0 Å². The molecule has 2 aromatic rings. The lowest BCUT2D eigenvalue weighted by Crippen LogP contribution is -2.28. The summed E-state index contributed by atoms with van der Waals surface area (Å²) in [6.45, 7) is 29.5. The second-order valence-corrected chi connectivity index (χ2v) is 21.2. The largest absolute Gasteiger partial charge is 0.507 e. The molecule has 1 unspecified atom stereocenters. The van der Waals surface area contributed by atoms with Crippen LogP contribution in [0.1, 0.15) is 119 Å². The lowest BCUT2D eigenvalue weighted by molar-refractivity contribution is 0.120. The van der Waals surface area contributed by atoms with Crippen LogP contribution >= 0.6 is 23.5 Å². The molecule has 43 heavy (non-hydrogen) atoms. The van der Waals surface area contributed by atoms with Crippen molar-refractivity contribution in [2.24, 2.45) is 0 Å². The predicted octanol–water partition coefficient (Wildman–Crippen LogP) is 8.83. The van der Waals surface area contributed by atoms with Crippen LogP contribution in [0.5, 0.6) is 11.5 Å². The van der Waals surface area contributed by atoms with Gasteiger partial charge in [0.2, 0.25) is 0 Å². The number of phenols is 1. The molecule has 3 N–H and O–H groups in total. The first-order valence-electron chi connectivity index (χ1n) is 14.7. The summed E-state index contributed by atoms with van der Waals surface area (Å²) in [6.07, 6.45) is -1.36. The van der Waals surface area contributed by atoms with Crippen LogP contribution in [-0.4, -0.2) is 45.7 Å². The van der Waals surface area contributed by atoms with E-state index in [0.717, 1.165) is 32.0 Å². The number of benzene rings is 2. The Kier molecular flexibility index (Phi) is 11.2. The van der Waals surface area contributed by atoms with E-state index in [4.69, 9.17) is 9.29 Å². The standard InChI is InChI=1S/C34H54O6S3/c1-30(2,3)24-15-22(16-25(28(24)36)31(4,5)6)41-34(13,14)42-23-17-26(32(7,8)9)29(27(18-23)33(10,11)12)40-19-21(35)20-43(37,38)39/h15-18,21,35-36H,19-20H2,1-14H3,(H,37,38,39). The molecule has 0 heterocycles. The summed E-state index contributed by atoms with van der Waals surface area (Å²) in [5, 5.41) is 21.5. The van der Waals surface area contributed by atoms with Gasteiger partial charge in [0.05, 0.1) is 4.08 Å². The van der Waals surface area contributed by atoms with Gasteiger partial charge in [-0.15, -0.1) is 23.5 Å². The van der Waals surface area contributed by atoms with E-state index in [9.17, 15) is 18.6 Å². The number of hydrogen-bond donors (Lipinski definition) is 3. The van der Waals surface area contributed by atoms with Gasteiger partial charge in [-0.1, -0.05) is 83.1 Å². The van der Waals surface area contributed by atoms with Crippen LogP contribution < -0.4 is 4.74 Å². The van der Waals surface area contributed by atoms with E-state index in [1.807, 2.05) is 0 Å². The molecular formula is C34H54O6S3. The predicted molar refractivity (Wildman–Crippen MR) is 183 cm³/mol. The summed E-state index contributed by atoms with van der Waals surface area (Å²) in [6, 6.07) is 8.50. The first-order chi connectivity index (χ1) is 19.0. The molecule has 2 rings (SSSR count). The van der Waals surface area contributed by atoms with Gasteiger partial charge in [0, 0.05) is 32.0 Å². The van der Waals surface area contributed by atoms with Crippen LogP contribution in [0.15, 0.2) is 34.1 Å². The van der Waals surface area contributed by atoms with Gasteiger partial charge in [0.15, 0.2) is 0 Å². The molecule has 0 bridgehead atoms. The van der Waals surface area contributed by atoms with Crippen LogP contribution in [0.25, 0.3) is 0 Å². The maximum absolute atomic E-state index is 11.3. The smallest absolute Gasteiger partial charge is 0.267 e. The monoisotopic (exact) mass is 654 g/mol. The fraction of sp³-hybridized carbons (Fsp3) is 0.647. The Balaban J connectivity index is 2.59. The number of aromatic hydroxyl groups is 1. The number of aliphatic hydroxyl groups is 1. The minimum atomic E-state index is -4.33. The lowest BCUT2D eigenvalue weighted by Gasteiger charge is -2.33. The summed E-state index contributed by atoms with van der Waals surface area (Å²) in [4.78, 5) is 2.18. The molecule has 0 aromatic heterocycles. The van der Waals surface area contributed by atoms with Crippen molar-refractivity contribution in [1.82, 2.24) is 0 Å². The molecule has 0 saturated carbocycles. The normalized spacial score (nSPS) is 14.6. The van der Waals surface area contributed by atoms with E-state index in [-0.39, 0.29) is 32.3 Å². The molecule has 0 amide bonds. The lowest BCUT2D eigenvalue weighted by atomic mass is 9.79. The molecule has 0 saturated heterocycles. The SMILES string of the molecule is CC(C)(Sc1cc(C(C)(C)C)c(O)c(C(C)(C)C)c1)Sc1cc(C(C)(C)C)c(OCC(O)CS(=O)(=O)O)c(C(C)(C)C)c1. The molecule has 0 aliphatic carbocycles. The molecule has 2 aromatic carbocycles. The summed E-state index contributed by atoms with van der Waals surface area (Å²) in [7, 11) is -4.33. The minimum Gasteiger partial charge on any atom is -0.507 e. The average molecular weight is 655 g/mol. The van der Waals surface area contributed by atoms with Gasteiger partial charge >= 0.3 is 0 Å². The van der Waals surface area contributed by atoms with Crippen LogP contribution in [0, 0.1) is 0 Å². The van der Waals surface area contributed by atoms with Crippen molar-refractivity contribution in [2.75, 3.05) is 12.4 Å². The highest BCUT2D eigenvalue weighted by Crippen LogP contribution is 2.51. The fourth-order valence-corrected chi connectivity index (χ4v) is 7.97. The highest BCUT2D eigenvalue weighted by atomic mass is 32.2. The van der Waals surface area contributed by atoms with Gasteiger partial charge in [-0.3, -0.25) is 4.55 Å². The first kappa shape index (κ1) is 37.8. The maximum Gasteiger partial charge on any atom is 0.267 e. The first-order valence-corrected chi connectivity index (χ1v) is 18.0. The summed E-state index contributed by atoms with van der Waals surface area (Å²) >= 11 is 3.52. The van der Waals surface area contributed by atoms with Crippen molar-refractivity contribution in [2.45, 2.75) is 139 Å². The zero-order valence-electron chi connectivity index (χ0n) is 28.6. The van der Waals surface area contributed by atoms with Crippen molar-refractivity contribution in [1.29, 1.82) is 0 Å².